The number of benzene rings is 1. The van der Waals surface area contributed by atoms with Crippen LogP contribution in [0.15, 0.2) is 23.8 Å². The smallest absolute Gasteiger partial charge is 0.333 e. The molecule has 3 rings (SSSR count). The number of amides is 1. The summed E-state index contributed by atoms with van der Waals surface area (Å²) in [7, 11) is 1.35. The summed E-state index contributed by atoms with van der Waals surface area (Å²) in [6.07, 6.45) is 3.81. The van der Waals surface area contributed by atoms with E-state index in [-0.39, 0.29) is 10.7 Å². The van der Waals surface area contributed by atoms with E-state index in [4.69, 9.17) is 16.3 Å². The fraction of sp³-hybridized carbons (Fsp3) is 0.412. The molecule has 1 N–H and O–H groups in total. The number of methoxy groups -OCH3 is 1. The summed E-state index contributed by atoms with van der Waals surface area (Å²) in [4.78, 5) is 23.7. The first-order valence-corrected chi connectivity index (χ1v) is 9.33. The third kappa shape index (κ3) is 3.94. The molecule has 1 amide bonds. The molecule has 0 spiro atoms. The second-order valence-electron chi connectivity index (χ2n) is 5.93. The Labute approximate surface area is 156 Å². The van der Waals surface area contributed by atoms with Gasteiger partial charge in [-0.1, -0.05) is 11.6 Å². The van der Waals surface area contributed by atoms with Gasteiger partial charge in [-0.3, -0.25) is 9.80 Å². The minimum atomic E-state index is -0.393. The van der Waals surface area contributed by atoms with Crippen LogP contribution in [0, 0.1) is 0 Å². The Kier molecular flexibility index (Phi) is 5.56. The molecule has 0 saturated carbocycles. The summed E-state index contributed by atoms with van der Waals surface area (Å²) in [5, 5.41) is 7.88. The number of hydrazine groups is 1. The highest BCUT2D eigenvalue weighted by Gasteiger charge is 2.39. The lowest BCUT2D eigenvalue weighted by Crippen LogP contribution is -2.48. The first-order valence-electron chi connectivity index (χ1n) is 8.07. The first-order chi connectivity index (χ1) is 12.0. The van der Waals surface area contributed by atoms with Gasteiger partial charge in [-0.2, -0.15) is 5.01 Å². The monoisotopic (exact) mass is 381 g/mol. The van der Waals surface area contributed by atoms with Crippen LogP contribution in [0.3, 0.4) is 0 Å². The minimum absolute atomic E-state index is 0.0767. The van der Waals surface area contributed by atoms with Gasteiger partial charge in [0, 0.05) is 29.4 Å². The van der Waals surface area contributed by atoms with Crippen LogP contribution in [0.1, 0.15) is 25.3 Å². The van der Waals surface area contributed by atoms with Crippen molar-refractivity contribution in [3.63, 3.8) is 0 Å². The maximum atomic E-state index is 12.1. The molecule has 2 saturated heterocycles. The summed E-state index contributed by atoms with van der Waals surface area (Å²) in [5.74, 6) is -0.393. The average molecular weight is 382 g/mol. The van der Waals surface area contributed by atoms with Gasteiger partial charge in [0.15, 0.2) is 5.50 Å². The van der Waals surface area contributed by atoms with Gasteiger partial charge in [0.2, 0.25) is 0 Å². The van der Waals surface area contributed by atoms with E-state index in [1.165, 1.54) is 18.9 Å². The number of rotatable bonds is 4. The van der Waals surface area contributed by atoms with Crippen LogP contribution in [0.2, 0.25) is 5.02 Å². The largest absolute Gasteiger partial charge is 0.466 e. The van der Waals surface area contributed by atoms with Crippen LogP contribution >= 0.6 is 23.4 Å². The number of carbonyl (C=O) groups is 2. The van der Waals surface area contributed by atoms with Crippen molar-refractivity contribution in [2.75, 3.05) is 25.5 Å². The zero-order valence-corrected chi connectivity index (χ0v) is 15.7. The van der Waals surface area contributed by atoms with E-state index in [9.17, 15) is 9.59 Å². The van der Waals surface area contributed by atoms with Crippen LogP contribution in [0.5, 0.6) is 0 Å². The summed E-state index contributed by atoms with van der Waals surface area (Å²) < 4.78 is 4.71. The highest BCUT2D eigenvalue weighted by Crippen LogP contribution is 2.34. The van der Waals surface area contributed by atoms with Gasteiger partial charge in [0.1, 0.15) is 0 Å². The predicted molar refractivity (Wildman–Crippen MR) is 100 cm³/mol. The van der Waals surface area contributed by atoms with Gasteiger partial charge in [0.05, 0.1) is 7.11 Å². The molecule has 0 aliphatic carbocycles. The molecule has 25 heavy (non-hydrogen) atoms. The van der Waals surface area contributed by atoms with Crippen molar-refractivity contribution in [1.82, 2.24) is 10.0 Å². The van der Waals surface area contributed by atoms with Crippen molar-refractivity contribution in [2.24, 2.45) is 0 Å². The number of hydrogen-bond donors (Lipinski definition) is 1. The Bertz CT molecular complexity index is 725. The van der Waals surface area contributed by atoms with E-state index in [0.29, 0.717) is 10.6 Å². The molecule has 134 valence electrons. The molecule has 2 aliphatic rings. The van der Waals surface area contributed by atoms with Crippen LogP contribution in [0.25, 0.3) is 6.08 Å². The zero-order valence-electron chi connectivity index (χ0n) is 14.1. The lowest BCUT2D eigenvalue weighted by Gasteiger charge is -2.34. The molecule has 2 fully saturated rings. The third-order valence-corrected chi connectivity index (χ3v) is 5.52. The van der Waals surface area contributed by atoms with Gasteiger partial charge in [-0.15, -0.1) is 0 Å². The average Bonchev–Trinajstić information content (AvgIpc) is 2.93. The Morgan fingerprint density at radius 2 is 2.16 bits per heavy atom. The number of carbonyl (C=O) groups excluding carboxylic acids is 2. The molecule has 8 heteroatoms. The first kappa shape index (κ1) is 18.1. The number of ether oxygens (including phenoxy) is 1. The van der Waals surface area contributed by atoms with Gasteiger partial charge in [0.25, 0.3) is 5.24 Å². The molecule has 2 heterocycles. The standard InChI is InChI=1S/C17H20ClN3O3S/c1-11(15(22)24-2)9-12-10-13(5-6-14(12)18)19-16-20-7-3-4-8-21(20)17(23)25-16/h5-6,9-10,16,19H,3-4,7-8H2,1-2H3. The van der Waals surface area contributed by atoms with Crippen molar-refractivity contribution in [2.45, 2.75) is 25.3 Å². The van der Waals surface area contributed by atoms with E-state index < -0.39 is 5.97 Å². The number of esters is 1. The molecule has 2 aliphatic heterocycles. The number of fused-ring (bicyclic) bond motifs is 1. The van der Waals surface area contributed by atoms with Gasteiger partial charge in [-0.25, -0.2) is 4.79 Å². The Hall–Kier alpha value is -1.70. The molecule has 1 atom stereocenters. The number of halogens is 1. The number of anilines is 1. The molecule has 0 bridgehead atoms. The van der Waals surface area contributed by atoms with E-state index in [1.54, 1.807) is 19.1 Å². The van der Waals surface area contributed by atoms with Crippen LogP contribution in [0.4, 0.5) is 10.5 Å². The lowest BCUT2D eigenvalue weighted by molar-refractivity contribution is -0.135. The number of nitrogens with one attached hydrogen (secondary N) is 1. The molecule has 1 aromatic rings. The van der Waals surface area contributed by atoms with Crippen molar-refractivity contribution < 1.29 is 14.3 Å². The lowest BCUT2D eigenvalue weighted by atomic mass is 10.1. The molecule has 1 aromatic carbocycles. The topological polar surface area (TPSA) is 61.9 Å². The number of thioether (sulfide) groups is 1. The van der Waals surface area contributed by atoms with E-state index in [2.05, 4.69) is 10.3 Å². The quantitative estimate of drug-likeness (QED) is 0.632. The Morgan fingerprint density at radius 1 is 1.40 bits per heavy atom. The number of nitrogens with zero attached hydrogens (tertiary/aromatic N) is 2. The van der Waals surface area contributed by atoms with Gasteiger partial charge in [-0.05, 0) is 61.4 Å². The highest BCUT2D eigenvalue weighted by molar-refractivity contribution is 8.14. The SMILES string of the molecule is COC(=O)C(C)=Cc1cc(NC2SC(=O)N3CCCCN23)ccc1Cl. The molecular formula is C17H20ClN3O3S. The predicted octanol–water partition coefficient (Wildman–Crippen LogP) is 3.79. The molecule has 0 aromatic heterocycles. The van der Waals surface area contributed by atoms with E-state index >= 15 is 0 Å². The second-order valence-corrected chi connectivity index (χ2v) is 7.37. The van der Waals surface area contributed by atoms with Crippen molar-refractivity contribution >= 4 is 46.3 Å². The molecular weight excluding hydrogens is 362 g/mol. The molecule has 6 nitrogen and oxygen atoms in total. The maximum Gasteiger partial charge on any atom is 0.333 e. The van der Waals surface area contributed by atoms with Crippen LogP contribution in [-0.2, 0) is 9.53 Å². The van der Waals surface area contributed by atoms with Crippen molar-refractivity contribution in [1.29, 1.82) is 0 Å². The normalized spacial score (nSPS) is 21.2. The zero-order chi connectivity index (χ0) is 18.0. The Balaban J connectivity index is 1.78. The molecule has 0 radical (unpaired) electrons. The summed E-state index contributed by atoms with van der Waals surface area (Å²) in [5.41, 5.74) is 1.90. The maximum absolute atomic E-state index is 12.1. The number of hydrogen-bond acceptors (Lipinski definition) is 6. The minimum Gasteiger partial charge on any atom is -0.466 e. The van der Waals surface area contributed by atoms with Crippen molar-refractivity contribution in [3.05, 3.63) is 34.4 Å². The van der Waals surface area contributed by atoms with Crippen LogP contribution in [-0.4, -0.2) is 46.9 Å². The fourth-order valence-corrected chi connectivity index (χ4v) is 4.10. The van der Waals surface area contributed by atoms with E-state index in [0.717, 1.165) is 37.2 Å². The van der Waals surface area contributed by atoms with Crippen LogP contribution < -0.4 is 5.32 Å². The van der Waals surface area contributed by atoms with Crippen molar-refractivity contribution in [3.8, 4) is 0 Å². The second kappa shape index (κ2) is 7.68. The third-order valence-electron chi connectivity index (χ3n) is 4.18. The fourth-order valence-electron chi connectivity index (χ4n) is 2.89. The molecule has 1 unspecified atom stereocenters. The van der Waals surface area contributed by atoms with Gasteiger partial charge < -0.3 is 10.1 Å². The summed E-state index contributed by atoms with van der Waals surface area (Å²) in [6.45, 7) is 3.31. The highest BCUT2D eigenvalue weighted by atomic mass is 35.5. The summed E-state index contributed by atoms with van der Waals surface area (Å²) >= 11 is 7.51. The van der Waals surface area contributed by atoms with Gasteiger partial charge >= 0.3 is 5.97 Å². The van der Waals surface area contributed by atoms with E-state index in [1.807, 2.05) is 17.1 Å². The summed E-state index contributed by atoms with van der Waals surface area (Å²) in [6, 6.07) is 5.51. The Morgan fingerprint density at radius 3 is 2.92 bits per heavy atom.